The number of rotatable bonds is 6. The van der Waals surface area contributed by atoms with Gasteiger partial charge in [0, 0.05) is 10.9 Å². The molecule has 2 aromatic carbocycles. The van der Waals surface area contributed by atoms with Crippen LogP contribution in [0.1, 0.15) is 22.3 Å². The van der Waals surface area contributed by atoms with Crippen LogP contribution >= 0.6 is 15.9 Å². The fourth-order valence-corrected chi connectivity index (χ4v) is 3.23. The number of nitrogens with one attached hydrogen (secondary N) is 1. The molecule has 0 aromatic heterocycles. The third kappa shape index (κ3) is 7.27. The molecule has 1 atom stereocenters. The zero-order chi connectivity index (χ0) is 23.4. The molecule has 0 aliphatic carbocycles. The van der Waals surface area contributed by atoms with Crippen molar-refractivity contribution in [1.82, 2.24) is 5.32 Å². The lowest BCUT2D eigenvalue weighted by atomic mass is 10.0. The van der Waals surface area contributed by atoms with Crippen molar-refractivity contribution in [3.05, 3.63) is 69.2 Å². The lowest BCUT2D eigenvalue weighted by molar-refractivity contribution is -0.145. The number of methoxy groups -OCH3 is 1. The Kier molecular flexibility index (Phi) is 7.74. The van der Waals surface area contributed by atoms with Crippen molar-refractivity contribution in [3.63, 3.8) is 0 Å². The second-order valence-corrected chi connectivity index (χ2v) is 7.48. The third-order valence-electron chi connectivity index (χ3n) is 4.16. The van der Waals surface area contributed by atoms with Gasteiger partial charge < -0.3 is 10.1 Å². The molecule has 0 unspecified atom stereocenters. The number of ether oxygens (including phenoxy) is 1. The highest BCUT2D eigenvalue weighted by Gasteiger charge is 2.37. The van der Waals surface area contributed by atoms with Crippen LogP contribution in [-0.4, -0.2) is 25.0 Å². The predicted molar refractivity (Wildman–Crippen MR) is 102 cm³/mol. The van der Waals surface area contributed by atoms with Crippen LogP contribution in [0.2, 0.25) is 0 Å². The van der Waals surface area contributed by atoms with Crippen LogP contribution in [-0.2, 0) is 39.5 Å². The van der Waals surface area contributed by atoms with Gasteiger partial charge in [-0.1, -0.05) is 28.1 Å². The Hall–Kier alpha value is -2.56. The first-order valence-electron chi connectivity index (χ1n) is 8.69. The number of benzene rings is 2. The second-order valence-electron chi connectivity index (χ2n) is 6.57. The Labute approximate surface area is 181 Å². The monoisotopic (exact) mass is 511 g/mol. The van der Waals surface area contributed by atoms with E-state index in [1.165, 1.54) is 0 Å². The summed E-state index contributed by atoms with van der Waals surface area (Å²) in [5.74, 6) is -1.74. The Morgan fingerprint density at radius 2 is 1.55 bits per heavy atom. The van der Waals surface area contributed by atoms with Crippen molar-refractivity contribution < 1.29 is 40.7 Å². The van der Waals surface area contributed by atoms with E-state index in [0.717, 1.165) is 7.11 Å². The smallest absolute Gasteiger partial charge is 0.416 e. The van der Waals surface area contributed by atoms with Gasteiger partial charge in [-0.2, -0.15) is 26.3 Å². The first kappa shape index (κ1) is 24.7. The zero-order valence-electron chi connectivity index (χ0n) is 15.9. The molecule has 0 saturated heterocycles. The van der Waals surface area contributed by atoms with Crippen molar-refractivity contribution in [1.29, 1.82) is 0 Å². The average molecular weight is 512 g/mol. The van der Waals surface area contributed by atoms with Gasteiger partial charge in [-0.3, -0.25) is 4.79 Å². The minimum absolute atomic E-state index is 0.00818. The highest BCUT2D eigenvalue weighted by Crippen LogP contribution is 2.36. The SMILES string of the molecule is COC(=O)[C@H](Cc1cccc(Br)c1)NC(=O)Cc1cc(C(F)(F)F)cc(C(F)(F)F)c1. The maximum atomic E-state index is 13.0. The summed E-state index contributed by atoms with van der Waals surface area (Å²) < 4.78 is 83.2. The van der Waals surface area contributed by atoms with Crippen LogP contribution in [0, 0.1) is 0 Å². The van der Waals surface area contributed by atoms with Gasteiger partial charge in [-0.25, -0.2) is 4.79 Å². The van der Waals surface area contributed by atoms with E-state index in [1.807, 2.05) is 0 Å². The van der Waals surface area contributed by atoms with Crippen molar-refractivity contribution in [2.75, 3.05) is 7.11 Å². The number of hydrogen-bond acceptors (Lipinski definition) is 3. The highest BCUT2D eigenvalue weighted by atomic mass is 79.9. The number of carbonyl (C=O) groups excluding carboxylic acids is 2. The van der Waals surface area contributed by atoms with Crippen LogP contribution in [0.5, 0.6) is 0 Å². The number of carbonyl (C=O) groups is 2. The van der Waals surface area contributed by atoms with Gasteiger partial charge in [-0.15, -0.1) is 0 Å². The molecular formula is C20H16BrF6NO3. The van der Waals surface area contributed by atoms with Crippen LogP contribution < -0.4 is 5.32 Å². The normalized spacial score (nSPS) is 12.9. The lowest BCUT2D eigenvalue weighted by Gasteiger charge is -2.18. The molecule has 0 aliphatic rings. The first-order chi connectivity index (χ1) is 14.3. The first-order valence-corrected chi connectivity index (χ1v) is 9.49. The van der Waals surface area contributed by atoms with Gasteiger partial charge in [0.2, 0.25) is 5.91 Å². The maximum Gasteiger partial charge on any atom is 0.416 e. The minimum atomic E-state index is -5.03. The van der Waals surface area contributed by atoms with Crippen LogP contribution in [0.4, 0.5) is 26.3 Å². The second kappa shape index (κ2) is 9.71. The summed E-state index contributed by atoms with van der Waals surface area (Å²) in [6, 6.07) is 6.52. The molecule has 31 heavy (non-hydrogen) atoms. The van der Waals surface area contributed by atoms with Crippen molar-refractivity contribution in [3.8, 4) is 0 Å². The predicted octanol–water partition coefficient (Wildman–Crippen LogP) is 4.93. The highest BCUT2D eigenvalue weighted by molar-refractivity contribution is 9.10. The third-order valence-corrected chi connectivity index (χ3v) is 4.66. The molecule has 2 rings (SSSR count). The van der Waals surface area contributed by atoms with Crippen molar-refractivity contribution in [2.24, 2.45) is 0 Å². The molecule has 1 N–H and O–H groups in total. The number of alkyl halides is 6. The van der Waals surface area contributed by atoms with Crippen molar-refractivity contribution in [2.45, 2.75) is 31.2 Å². The Morgan fingerprint density at radius 3 is 2.03 bits per heavy atom. The largest absolute Gasteiger partial charge is 0.467 e. The fourth-order valence-electron chi connectivity index (χ4n) is 2.79. The number of amides is 1. The van der Waals surface area contributed by atoms with E-state index in [2.05, 4.69) is 26.0 Å². The molecule has 11 heteroatoms. The summed E-state index contributed by atoms with van der Waals surface area (Å²) in [6.07, 6.45) is -10.8. The Morgan fingerprint density at radius 1 is 0.968 bits per heavy atom. The summed E-state index contributed by atoms with van der Waals surface area (Å²) in [6.45, 7) is 0. The number of esters is 1. The lowest BCUT2D eigenvalue weighted by Crippen LogP contribution is -2.43. The molecule has 0 spiro atoms. The van der Waals surface area contributed by atoms with Gasteiger partial charge >= 0.3 is 18.3 Å². The van der Waals surface area contributed by atoms with Crippen molar-refractivity contribution >= 4 is 27.8 Å². The summed E-state index contributed by atoms with van der Waals surface area (Å²) in [5, 5.41) is 2.31. The summed E-state index contributed by atoms with van der Waals surface area (Å²) in [5.41, 5.74) is -2.90. The molecule has 0 aliphatic heterocycles. The van der Waals surface area contributed by atoms with E-state index >= 15 is 0 Å². The standard InChI is InChI=1S/C20H16BrF6NO3/c1-31-18(30)16(8-11-3-2-4-15(21)7-11)28-17(29)9-12-5-13(19(22,23)24)10-14(6-12)20(25,26)27/h2-7,10,16H,8-9H2,1H3,(H,28,29)/t16-/m0/s1. The van der Waals surface area contributed by atoms with Gasteiger partial charge in [-0.05, 0) is 41.5 Å². The van der Waals surface area contributed by atoms with E-state index in [0.29, 0.717) is 22.2 Å². The molecule has 1 amide bonds. The quantitative estimate of drug-likeness (QED) is 0.442. The Bertz CT molecular complexity index is 926. The molecule has 0 fully saturated rings. The Balaban J connectivity index is 2.24. The van der Waals surface area contributed by atoms with Gasteiger partial charge in [0.1, 0.15) is 6.04 Å². The van der Waals surface area contributed by atoms with Crippen LogP contribution in [0.25, 0.3) is 0 Å². The van der Waals surface area contributed by atoms with E-state index in [-0.39, 0.29) is 12.5 Å². The van der Waals surface area contributed by atoms with E-state index in [9.17, 15) is 35.9 Å². The number of halogens is 7. The fraction of sp³-hybridized carbons (Fsp3) is 0.300. The van der Waals surface area contributed by atoms with E-state index < -0.39 is 53.4 Å². The molecule has 0 radical (unpaired) electrons. The molecule has 2 aromatic rings. The molecule has 4 nitrogen and oxygen atoms in total. The maximum absolute atomic E-state index is 13.0. The van der Waals surface area contributed by atoms with Gasteiger partial charge in [0.05, 0.1) is 24.7 Å². The molecule has 0 saturated carbocycles. The van der Waals surface area contributed by atoms with E-state index in [4.69, 9.17) is 0 Å². The summed E-state index contributed by atoms with van der Waals surface area (Å²) >= 11 is 3.26. The average Bonchev–Trinajstić information content (AvgIpc) is 2.65. The minimum Gasteiger partial charge on any atom is -0.467 e. The molecular weight excluding hydrogens is 496 g/mol. The molecule has 0 bridgehead atoms. The summed E-state index contributed by atoms with van der Waals surface area (Å²) in [4.78, 5) is 24.3. The zero-order valence-corrected chi connectivity index (χ0v) is 17.5. The van der Waals surface area contributed by atoms with Gasteiger partial charge in [0.15, 0.2) is 0 Å². The summed E-state index contributed by atoms with van der Waals surface area (Å²) in [7, 11) is 1.09. The van der Waals surface area contributed by atoms with Crippen LogP contribution in [0.3, 0.4) is 0 Å². The van der Waals surface area contributed by atoms with Gasteiger partial charge in [0.25, 0.3) is 0 Å². The number of hydrogen-bond donors (Lipinski definition) is 1. The van der Waals surface area contributed by atoms with Crippen LogP contribution in [0.15, 0.2) is 46.9 Å². The molecule has 0 heterocycles. The topological polar surface area (TPSA) is 55.4 Å². The molecule has 168 valence electrons. The van der Waals surface area contributed by atoms with E-state index in [1.54, 1.807) is 24.3 Å².